The molecule has 0 amide bonds. The second-order valence-electron chi connectivity index (χ2n) is 7.82. The highest BCUT2D eigenvalue weighted by Gasteiger charge is 2.24. The fraction of sp³-hybridized carbons (Fsp3) is 0.250. The molecular formula is C24H22BrN3O2S2. The van der Waals surface area contributed by atoms with E-state index in [1.165, 1.54) is 16.0 Å². The Bertz CT molecular complexity index is 1330. The SMILES string of the molecule is COc1ccc(-n2c(SCc3ccc(Br)cc3)nc3sc4c(c3c2=O)CCN(C)C4)cc1. The summed E-state index contributed by atoms with van der Waals surface area (Å²) in [5.41, 5.74) is 3.17. The second-order valence-corrected chi connectivity index (χ2v) is 10.8. The first-order valence-corrected chi connectivity index (χ1v) is 12.9. The summed E-state index contributed by atoms with van der Waals surface area (Å²) >= 11 is 6.73. The number of ether oxygens (including phenoxy) is 1. The fourth-order valence-electron chi connectivity index (χ4n) is 3.94. The molecule has 2 aromatic heterocycles. The predicted molar refractivity (Wildman–Crippen MR) is 136 cm³/mol. The van der Waals surface area contributed by atoms with Crippen LogP contribution in [0.2, 0.25) is 0 Å². The average Bonchev–Trinajstić information content (AvgIpc) is 3.16. The highest BCUT2D eigenvalue weighted by molar-refractivity contribution is 9.10. The molecule has 0 radical (unpaired) electrons. The van der Waals surface area contributed by atoms with Gasteiger partial charge in [-0.05, 0) is 61.0 Å². The summed E-state index contributed by atoms with van der Waals surface area (Å²) in [7, 11) is 3.76. The van der Waals surface area contributed by atoms with Crippen molar-refractivity contribution in [2.75, 3.05) is 20.7 Å². The minimum Gasteiger partial charge on any atom is -0.497 e. The molecule has 0 saturated heterocycles. The number of thioether (sulfide) groups is 1. The van der Waals surface area contributed by atoms with Crippen LogP contribution < -0.4 is 10.3 Å². The van der Waals surface area contributed by atoms with Gasteiger partial charge in [-0.3, -0.25) is 9.36 Å². The lowest BCUT2D eigenvalue weighted by Gasteiger charge is -2.21. The number of halogens is 1. The molecule has 8 heteroatoms. The van der Waals surface area contributed by atoms with Gasteiger partial charge in [-0.2, -0.15) is 0 Å². The van der Waals surface area contributed by atoms with Crippen LogP contribution in [0.5, 0.6) is 5.75 Å². The number of hydrogen-bond donors (Lipinski definition) is 0. The lowest BCUT2D eigenvalue weighted by molar-refractivity contribution is 0.318. The largest absolute Gasteiger partial charge is 0.497 e. The third kappa shape index (κ3) is 4.12. The van der Waals surface area contributed by atoms with Gasteiger partial charge in [0.05, 0.1) is 18.2 Å². The van der Waals surface area contributed by atoms with Crippen molar-refractivity contribution in [2.24, 2.45) is 0 Å². The summed E-state index contributed by atoms with van der Waals surface area (Å²) in [6.45, 7) is 1.83. The zero-order valence-corrected chi connectivity index (χ0v) is 21.0. The molecule has 4 aromatic rings. The highest BCUT2D eigenvalue weighted by Crippen LogP contribution is 2.34. The zero-order chi connectivity index (χ0) is 22.2. The van der Waals surface area contributed by atoms with Crippen molar-refractivity contribution in [3.05, 3.63) is 79.4 Å². The molecule has 5 rings (SSSR count). The highest BCUT2D eigenvalue weighted by atomic mass is 79.9. The Kier molecular flexibility index (Phi) is 6.11. The topological polar surface area (TPSA) is 47.4 Å². The van der Waals surface area contributed by atoms with Crippen LogP contribution in [0.15, 0.2) is 63.0 Å². The van der Waals surface area contributed by atoms with Crippen molar-refractivity contribution >= 4 is 49.2 Å². The van der Waals surface area contributed by atoms with Crippen molar-refractivity contribution < 1.29 is 4.74 Å². The van der Waals surface area contributed by atoms with Gasteiger partial charge in [-0.1, -0.05) is 39.8 Å². The summed E-state index contributed by atoms with van der Waals surface area (Å²) in [5.74, 6) is 1.49. The van der Waals surface area contributed by atoms with Crippen LogP contribution >= 0.6 is 39.0 Å². The maximum atomic E-state index is 13.8. The molecular weight excluding hydrogens is 506 g/mol. The van der Waals surface area contributed by atoms with Crippen LogP contribution in [0.25, 0.3) is 15.9 Å². The van der Waals surface area contributed by atoms with E-state index in [0.717, 1.165) is 51.4 Å². The van der Waals surface area contributed by atoms with Crippen molar-refractivity contribution in [2.45, 2.75) is 23.9 Å². The molecule has 0 bridgehead atoms. The molecule has 3 heterocycles. The Hall–Kier alpha value is -2.13. The molecule has 5 nitrogen and oxygen atoms in total. The quantitative estimate of drug-likeness (QED) is 0.253. The van der Waals surface area contributed by atoms with Crippen LogP contribution in [0.3, 0.4) is 0 Å². The molecule has 0 fully saturated rings. The van der Waals surface area contributed by atoms with E-state index in [9.17, 15) is 4.79 Å². The maximum absolute atomic E-state index is 13.8. The van der Waals surface area contributed by atoms with E-state index < -0.39 is 0 Å². The number of aromatic nitrogens is 2. The number of likely N-dealkylation sites (N-methyl/N-ethyl adjacent to an activating group) is 1. The van der Waals surface area contributed by atoms with Gasteiger partial charge in [0.1, 0.15) is 10.6 Å². The summed E-state index contributed by atoms with van der Waals surface area (Å²) in [6.07, 6.45) is 0.886. The summed E-state index contributed by atoms with van der Waals surface area (Å²) < 4.78 is 8.12. The lowest BCUT2D eigenvalue weighted by Crippen LogP contribution is -2.27. The van der Waals surface area contributed by atoms with Crippen LogP contribution in [-0.2, 0) is 18.7 Å². The van der Waals surface area contributed by atoms with E-state index in [2.05, 4.69) is 40.0 Å². The Labute approximate surface area is 203 Å². The van der Waals surface area contributed by atoms with E-state index in [-0.39, 0.29) is 5.56 Å². The normalized spacial score (nSPS) is 14.0. The van der Waals surface area contributed by atoms with Gasteiger partial charge in [0.2, 0.25) is 0 Å². The van der Waals surface area contributed by atoms with Gasteiger partial charge in [-0.15, -0.1) is 11.3 Å². The van der Waals surface area contributed by atoms with E-state index in [1.807, 2.05) is 36.4 Å². The first kappa shape index (κ1) is 21.7. The average molecular weight is 528 g/mol. The van der Waals surface area contributed by atoms with Gasteiger partial charge in [0.25, 0.3) is 5.56 Å². The first-order chi connectivity index (χ1) is 15.5. The number of nitrogens with zero attached hydrogens (tertiary/aromatic N) is 3. The van der Waals surface area contributed by atoms with Crippen LogP contribution in [0.1, 0.15) is 16.0 Å². The van der Waals surface area contributed by atoms with Gasteiger partial charge in [0.15, 0.2) is 5.16 Å². The molecule has 0 saturated carbocycles. The molecule has 0 spiro atoms. The van der Waals surface area contributed by atoms with Crippen molar-refractivity contribution in [1.29, 1.82) is 0 Å². The maximum Gasteiger partial charge on any atom is 0.267 e. The molecule has 1 aliphatic rings. The first-order valence-electron chi connectivity index (χ1n) is 10.3. The van der Waals surface area contributed by atoms with Gasteiger partial charge >= 0.3 is 0 Å². The van der Waals surface area contributed by atoms with Crippen molar-refractivity contribution in [1.82, 2.24) is 14.5 Å². The molecule has 0 aliphatic carbocycles. The summed E-state index contributed by atoms with van der Waals surface area (Å²) in [6, 6.07) is 15.9. The lowest BCUT2D eigenvalue weighted by atomic mass is 10.1. The third-order valence-corrected chi connectivity index (χ3v) is 8.30. The Morgan fingerprint density at radius 2 is 1.91 bits per heavy atom. The minimum absolute atomic E-state index is 0.0144. The molecule has 164 valence electrons. The number of hydrogen-bond acceptors (Lipinski definition) is 6. The van der Waals surface area contributed by atoms with E-state index in [1.54, 1.807) is 34.8 Å². The Balaban J connectivity index is 1.64. The number of thiophene rings is 1. The minimum atomic E-state index is 0.0144. The van der Waals surface area contributed by atoms with Crippen LogP contribution in [-0.4, -0.2) is 35.2 Å². The smallest absolute Gasteiger partial charge is 0.267 e. The van der Waals surface area contributed by atoms with Gasteiger partial charge in [-0.25, -0.2) is 4.98 Å². The third-order valence-electron chi connectivity index (χ3n) is 5.65. The predicted octanol–water partition coefficient (Wildman–Crippen LogP) is 5.50. The molecule has 0 atom stereocenters. The van der Waals surface area contributed by atoms with E-state index in [4.69, 9.17) is 9.72 Å². The van der Waals surface area contributed by atoms with Gasteiger partial charge in [0, 0.05) is 28.2 Å². The molecule has 0 N–H and O–H groups in total. The summed E-state index contributed by atoms with van der Waals surface area (Å²) in [5, 5.41) is 1.49. The molecule has 0 unspecified atom stereocenters. The summed E-state index contributed by atoms with van der Waals surface area (Å²) in [4.78, 5) is 23.2. The number of rotatable bonds is 5. The zero-order valence-electron chi connectivity index (χ0n) is 17.8. The van der Waals surface area contributed by atoms with Gasteiger partial charge < -0.3 is 9.64 Å². The molecule has 2 aromatic carbocycles. The van der Waals surface area contributed by atoms with E-state index in [0.29, 0.717) is 5.16 Å². The number of methoxy groups -OCH3 is 1. The van der Waals surface area contributed by atoms with Crippen molar-refractivity contribution in [3.63, 3.8) is 0 Å². The Morgan fingerprint density at radius 1 is 1.16 bits per heavy atom. The Morgan fingerprint density at radius 3 is 2.62 bits per heavy atom. The second kappa shape index (κ2) is 9.02. The molecule has 1 aliphatic heterocycles. The molecule has 32 heavy (non-hydrogen) atoms. The number of fused-ring (bicyclic) bond motifs is 3. The van der Waals surface area contributed by atoms with Crippen molar-refractivity contribution in [3.8, 4) is 11.4 Å². The standard InChI is InChI=1S/C24H22BrN3O2S2/c1-27-12-11-19-20(13-27)32-22-21(19)23(29)28(17-7-9-18(30-2)10-8-17)24(26-22)31-14-15-3-5-16(25)6-4-15/h3-10H,11-14H2,1-2H3. The van der Waals surface area contributed by atoms with Crippen LogP contribution in [0.4, 0.5) is 0 Å². The number of benzene rings is 2. The fourth-order valence-corrected chi connectivity index (χ4v) is 6.51. The monoisotopic (exact) mass is 527 g/mol. The van der Waals surface area contributed by atoms with Crippen LogP contribution in [0, 0.1) is 0 Å². The van der Waals surface area contributed by atoms with E-state index >= 15 is 0 Å².